The SMILES string of the molecule is Cc1cccc(-n2c(-c3ccc(F)cc3)cc(C(=O)NCCCN3CCCCC3C)c2C)c1. The van der Waals surface area contributed by atoms with E-state index in [0.29, 0.717) is 18.2 Å². The highest BCUT2D eigenvalue weighted by molar-refractivity contribution is 5.97. The van der Waals surface area contributed by atoms with E-state index in [1.807, 2.05) is 25.1 Å². The number of hydrogen-bond donors (Lipinski definition) is 1. The van der Waals surface area contributed by atoms with Gasteiger partial charge in [0.25, 0.3) is 5.91 Å². The molecule has 4 rings (SSSR count). The van der Waals surface area contributed by atoms with Crippen molar-refractivity contribution in [3.05, 3.63) is 77.2 Å². The van der Waals surface area contributed by atoms with Crippen LogP contribution >= 0.6 is 0 Å². The lowest BCUT2D eigenvalue weighted by molar-refractivity contribution is 0.0948. The summed E-state index contributed by atoms with van der Waals surface area (Å²) in [6.07, 6.45) is 4.80. The summed E-state index contributed by atoms with van der Waals surface area (Å²) in [6, 6.07) is 17.2. The molecule has 0 radical (unpaired) electrons. The molecule has 1 aliphatic heterocycles. The number of carbonyl (C=O) groups is 1. The summed E-state index contributed by atoms with van der Waals surface area (Å²) in [6.45, 7) is 9.16. The average molecular weight is 448 g/mol. The van der Waals surface area contributed by atoms with Crippen LogP contribution in [0.15, 0.2) is 54.6 Å². The van der Waals surface area contributed by atoms with Gasteiger partial charge in [0.15, 0.2) is 0 Å². The van der Waals surface area contributed by atoms with Crippen molar-refractivity contribution < 1.29 is 9.18 Å². The number of nitrogens with zero attached hydrogens (tertiary/aromatic N) is 2. The number of benzene rings is 2. The van der Waals surface area contributed by atoms with Gasteiger partial charge in [-0.2, -0.15) is 0 Å². The molecule has 1 N–H and O–H groups in total. The van der Waals surface area contributed by atoms with Crippen LogP contribution in [0, 0.1) is 19.7 Å². The Balaban J connectivity index is 1.54. The van der Waals surface area contributed by atoms with Crippen LogP contribution in [0.5, 0.6) is 0 Å². The van der Waals surface area contributed by atoms with Crippen molar-refractivity contribution >= 4 is 5.91 Å². The van der Waals surface area contributed by atoms with Gasteiger partial charge >= 0.3 is 0 Å². The van der Waals surface area contributed by atoms with Crippen LogP contribution in [0.1, 0.15) is 54.2 Å². The van der Waals surface area contributed by atoms with E-state index in [2.05, 4.69) is 40.8 Å². The first kappa shape index (κ1) is 23.2. The molecule has 1 fully saturated rings. The molecule has 0 spiro atoms. The number of halogens is 1. The second-order valence-electron chi connectivity index (χ2n) is 9.20. The lowest BCUT2D eigenvalue weighted by atomic mass is 10.0. The van der Waals surface area contributed by atoms with Crippen molar-refractivity contribution in [3.63, 3.8) is 0 Å². The fourth-order valence-corrected chi connectivity index (χ4v) is 4.84. The van der Waals surface area contributed by atoms with Gasteiger partial charge in [0.05, 0.1) is 11.3 Å². The van der Waals surface area contributed by atoms with E-state index < -0.39 is 0 Å². The Morgan fingerprint density at radius 2 is 1.88 bits per heavy atom. The highest BCUT2D eigenvalue weighted by atomic mass is 19.1. The fraction of sp³-hybridized carbons (Fsp3) is 0.393. The molecule has 0 saturated carbocycles. The van der Waals surface area contributed by atoms with Crippen LogP contribution in [0.25, 0.3) is 16.9 Å². The third-order valence-corrected chi connectivity index (χ3v) is 6.74. The molecule has 1 amide bonds. The monoisotopic (exact) mass is 447 g/mol. The number of likely N-dealkylation sites (tertiary alicyclic amines) is 1. The molecule has 0 aliphatic carbocycles. The van der Waals surface area contributed by atoms with Gasteiger partial charge in [0, 0.05) is 30.5 Å². The van der Waals surface area contributed by atoms with Gasteiger partial charge in [-0.05, 0) is 100 Å². The lowest BCUT2D eigenvalue weighted by Crippen LogP contribution is -2.39. The summed E-state index contributed by atoms with van der Waals surface area (Å²) >= 11 is 0. The molecule has 1 aromatic heterocycles. The number of carbonyl (C=O) groups excluding carboxylic acids is 1. The molecule has 1 atom stereocenters. The van der Waals surface area contributed by atoms with Gasteiger partial charge in [-0.25, -0.2) is 4.39 Å². The number of hydrogen-bond acceptors (Lipinski definition) is 2. The quantitative estimate of drug-likeness (QED) is 0.458. The van der Waals surface area contributed by atoms with E-state index in [4.69, 9.17) is 0 Å². The van der Waals surface area contributed by atoms with E-state index in [9.17, 15) is 9.18 Å². The Kier molecular flexibility index (Phi) is 7.29. The van der Waals surface area contributed by atoms with Gasteiger partial charge in [0.2, 0.25) is 0 Å². The van der Waals surface area contributed by atoms with Crippen molar-refractivity contribution in [2.75, 3.05) is 19.6 Å². The molecule has 2 heterocycles. The fourth-order valence-electron chi connectivity index (χ4n) is 4.84. The Hall–Kier alpha value is -2.92. The zero-order valence-corrected chi connectivity index (χ0v) is 19.9. The van der Waals surface area contributed by atoms with Crippen molar-refractivity contribution in [1.29, 1.82) is 0 Å². The van der Waals surface area contributed by atoms with Gasteiger partial charge in [0.1, 0.15) is 5.82 Å². The van der Waals surface area contributed by atoms with Gasteiger partial charge in [-0.3, -0.25) is 4.79 Å². The van der Waals surface area contributed by atoms with Gasteiger partial charge < -0.3 is 14.8 Å². The molecular weight excluding hydrogens is 413 g/mol. The van der Waals surface area contributed by atoms with E-state index in [0.717, 1.165) is 47.7 Å². The smallest absolute Gasteiger partial charge is 0.253 e. The lowest BCUT2D eigenvalue weighted by Gasteiger charge is -2.33. The Morgan fingerprint density at radius 3 is 2.61 bits per heavy atom. The second kappa shape index (κ2) is 10.3. The van der Waals surface area contributed by atoms with Crippen LogP contribution in [0.4, 0.5) is 4.39 Å². The van der Waals surface area contributed by atoms with E-state index in [-0.39, 0.29) is 11.7 Å². The van der Waals surface area contributed by atoms with Crippen LogP contribution in [0.3, 0.4) is 0 Å². The summed E-state index contributed by atoms with van der Waals surface area (Å²) in [4.78, 5) is 15.7. The first-order valence-corrected chi connectivity index (χ1v) is 12.0. The predicted molar refractivity (Wildman–Crippen MR) is 132 cm³/mol. The average Bonchev–Trinajstić information content (AvgIpc) is 3.15. The number of piperidine rings is 1. The number of aromatic nitrogens is 1. The summed E-state index contributed by atoms with van der Waals surface area (Å²) < 4.78 is 15.6. The molecule has 174 valence electrons. The topological polar surface area (TPSA) is 37.3 Å². The first-order chi connectivity index (χ1) is 15.9. The number of amides is 1. The largest absolute Gasteiger partial charge is 0.352 e. The predicted octanol–water partition coefficient (Wildman–Crippen LogP) is 5.89. The van der Waals surface area contributed by atoms with Crippen molar-refractivity contribution in [2.24, 2.45) is 0 Å². The summed E-state index contributed by atoms with van der Waals surface area (Å²) in [5, 5.41) is 3.12. The zero-order valence-electron chi connectivity index (χ0n) is 19.9. The van der Waals surface area contributed by atoms with Crippen LogP contribution in [-0.4, -0.2) is 41.1 Å². The molecule has 1 aliphatic rings. The third kappa shape index (κ3) is 5.36. The standard InChI is InChI=1S/C28H34FN3O/c1-20-8-6-10-25(18-20)32-22(3)26(19-27(32)23-11-13-24(29)14-12-23)28(33)30-15-7-17-31-16-5-4-9-21(31)2/h6,8,10-14,18-19,21H,4-5,7,9,15-17H2,1-3H3,(H,30,33). The normalized spacial score (nSPS) is 16.7. The minimum Gasteiger partial charge on any atom is -0.352 e. The van der Waals surface area contributed by atoms with Crippen molar-refractivity contribution in [2.45, 2.75) is 52.5 Å². The maximum atomic E-state index is 13.5. The van der Waals surface area contributed by atoms with Crippen molar-refractivity contribution in [1.82, 2.24) is 14.8 Å². The van der Waals surface area contributed by atoms with E-state index >= 15 is 0 Å². The highest BCUT2D eigenvalue weighted by Gasteiger charge is 2.20. The van der Waals surface area contributed by atoms with E-state index in [1.165, 1.54) is 31.4 Å². The molecule has 2 aromatic carbocycles. The molecule has 0 bridgehead atoms. The maximum absolute atomic E-state index is 13.5. The zero-order chi connectivity index (χ0) is 23.4. The first-order valence-electron chi connectivity index (χ1n) is 12.0. The number of aryl methyl sites for hydroxylation is 1. The molecular formula is C28H34FN3O. The minimum atomic E-state index is -0.273. The van der Waals surface area contributed by atoms with Gasteiger partial charge in [-0.1, -0.05) is 18.6 Å². The number of rotatable bonds is 7. The summed E-state index contributed by atoms with van der Waals surface area (Å²) in [7, 11) is 0. The van der Waals surface area contributed by atoms with E-state index in [1.54, 1.807) is 12.1 Å². The Labute approximate surface area is 196 Å². The molecule has 5 heteroatoms. The van der Waals surface area contributed by atoms with Crippen LogP contribution < -0.4 is 5.32 Å². The Morgan fingerprint density at radius 1 is 1.09 bits per heavy atom. The second-order valence-corrected chi connectivity index (χ2v) is 9.20. The van der Waals surface area contributed by atoms with Crippen LogP contribution in [0.2, 0.25) is 0 Å². The Bertz CT molecular complexity index is 1100. The number of nitrogens with one attached hydrogen (secondary N) is 1. The van der Waals surface area contributed by atoms with Crippen molar-refractivity contribution in [3.8, 4) is 16.9 Å². The summed E-state index contributed by atoms with van der Waals surface area (Å²) in [5.41, 5.74) is 5.42. The third-order valence-electron chi connectivity index (χ3n) is 6.74. The van der Waals surface area contributed by atoms with Gasteiger partial charge in [-0.15, -0.1) is 0 Å². The molecule has 4 nitrogen and oxygen atoms in total. The summed E-state index contributed by atoms with van der Waals surface area (Å²) in [5.74, 6) is -0.334. The molecule has 3 aromatic rings. The molecule has 1 saturated heterocycles. The minimum absolute atomic E-state index is 0.0612. The molecule has 33 heavy (non-hydrogen) atoms. The highest BCUT2D eigenvalue weighted by Crippen LogP contribution is 2.30. The van der Waals surface area contributed by atoms with Crippen LogP contribution in [-0.2, 0) is 0 Å². The molecule has 1 unspecified atom stereocenters. The maximum Gasteiger partial charge on any atom is 0.253 e.